The number of piperidine rings is 1. The van der Waals surface area contributed by atoms with Crippen molar-refractivity contribution in [2.24, 2.45) is 5.92 Å². The van der Waals surface area contributed by atoms with Crippen molar-refractivity contribution in [2.45, 2.75) is 58.6 Å². The highest BCUT2D eigenvalue weighted by Gasteiger charge is 2.26. The fourth-order valence-corrected chi connectivity index (χ4v) is 3.53. The number of amides is 1. The highest BCUT2D eigenvalue weighted by Crippen LogP contribution is 2.19. The number of carbonyl (C=O) groups excluding carboxylic acids is 1. The standard InChI is InChI=1S/C18H30N2O2S/c1-14(11-16-7-10-23-13-16)19-12-15-5-8-20(9-6-15)17(21)22-18(2,3)4/h7,10,13-15,19H,5-6,8-9,11-12H2,1-4H3. The Hall–Kier alpha value is -1.07. The minimum atomic E-state index is -0.410. The number of rotatable bonds is 5. The summed E-state index contributed by atoms with van der Waals surface area (Å²) < 4.78 is 5.44. The summed E-state index contributed by atoms with van der Waals surface area (Å²) in [7, 11) is 0. The maximum Gasteiger partial charge on any atom is 0.410 e. The molecule has 130 valence electrons. The van der Waals surface area contributed by atoms with E-state index in [-0.39, 0.29) is 6.09 Å². The molecule has 1 fully saturated rings. The average Bonchev–Trinajstić information content (AvgIpc) is 2.97. The maximum absolute atomic E-state index is 12.1. The summed E-state index contributed by atoms with van der Waals surface area (Å²) in [6.45, 7) is 10.6. The molecule has 5 heteroatoms. The monoisotopic (exact) mass is 338 g/mol. The molecular weight excluding hydrogens is 308 g/mol. The zero-order valence-corrected chi connectivity index (χ0v) is 15.6. The topological polar surface area (TPSA) is 41.6 Å². The van der Waals surface area contributed by atoms with Gasteiger partial charge in [-0.1, -0.05) is 0 Å². The van der Waals surface area contributed by atoms with Gasteiger partial charge in [0.05, 0.1) is 0 Å². The Labute approximate surface area is 144 Å². The van der Waals surface area contributed by atoms with E-state index in [1.54, 1.807) is 11.3 Å². The van der Waals surface area contributed by atoms with Crippen LogP contribution in [0.5, 0.6) is 0 Å². The smallest absolute Gasteiger partial charge is 0.410 e. The van der Waals surface area contributed by atoms with Crippen LogP contribution in [0.1, 0.15) is 46.1 Å². The number of likely N-dealkylation sites (tertiary alicyclic amines) is 1. The number of hydrogen-bond donors (Lipinski definition) is 1. The number of carbonyl (C=O) groups is 1. The molecule has 2 heterocycles. The van der Waals surface area contributed by atoms with E-state index in [1.165, 1.54) is 5.56 Å². The Morgan fingerprint density at radius 1 is 1.43 bits per heavy atom. The summed E-state index contributed by atoms with van der Waals surface area (Å²) in [5.74, 6) is 0.651. The van der Waals surface area contributed by atoms with Crippen molar-refractivity contribution < 1.29 is 9.53 Å². The van der Waals surface area contributed by atoms with Crippen LogP contribution in [0, 0.1) is 5.92 Å². The maximum atomic E-state index is 12.1. The zero-order valence-electron chi connectivity index (χ0n) is 14.8. The Kier molecular flexibility index (Phi) is 6.48. The van der Waals surface area contributed by atoms with Crippen LogP contribution in [0.4, 0.5) is 4.79 Å². The van der Waals surface area contributed by atoms with E-state index in [4.69, 9.17) is 4.74 Å². The fourth-order valence-electron chi connectivity index (χ4n) is 2.85. The molecule has 1 atom stereocenters. The molecule has 0 aliphatic carbocycles. The summed E-state index contributed by atoms with van der Waals surface area (Å²) >= 11 is 1.76. The van der Waals surface area contributed by atoms with Crippen molar-refractivity contribution in [1.82, 2.24) is 10.2 Å². The van der Waals surface area contributed by atoms with Crippen molar-refractivity contribution in [3.63, 3.8) is 0 Å². The molecule has 0 aromatic carbocycles. The third-order valence-corrected chi connectivity index (χ3v) is 4.88. The number of hydrogen-bond acceptors (Lipinski definition) is 4. The molecule has 1 unspecified atom stereocenters. The molecule has 1 aliphatic heterocycles. The molecule has 0 radical (unpaired) electrons. The molecule has 0 bridgehead atoms. The number of ether oxygens (including phenoxy) is 1. The molecule has 4 nitrogen and oxygen atoms in total. The first-order valence-electron chi connectivity index (χ1n) is 8.56. The molecule has 1 aromatic rings. The third kappa shape index (κ3) is 6.51. The summed E-state index contributed by atoms with van der Waals surface area (Å²) in [5, 5.41) is 8.00. The molecule has 1 saturated heterocycles. The van der Waals surface area contributed by atoms with Crippen molar-refractivity contribution >= 4 is 17.4 Å². The second-order valence-electron chi connectivity index (χ2n) is 7.56. The van der Waals surface area contributed by atoms with E-state index < -0.39 is 5.60 Å². The van der Waals surface area contributed by atoms with Crippen LogP contribution in [0.2, 0.25) is 0 Å². The highest BCUT2D eigenvalue weighted by molar-refractivity contribution is 7.07. The van der Waals surface area contributed by atoms with Gasteiger partial charge >= 0.3 is 6.09 Å². The summed E-state index contributed by atoms with van der Waals surface area (Å²) in [6, 6.07) is 2.69. The van der Waals surface area contributed by atoms with Gasteiger partial charge < -0.3 is 15.0 Å². The second kappa shape index (κ2) is 8.15. The van der Waals surface area contributed by atoms with Gasteiger partial charge in [-0.2, -0.15) is 11.3 Å². The molecule has 2 rings (SSSR count). The van der Waals surface area contributed by atoms with Crippen LogP contribution in [-0.2, 0) is 11.2 Å². The van der Waals surface area contributed by atoms with Crippen LogP contribution >= 0.6 is 11.3 Å². The largest absolute Gasteiger partial charge is 0.444 e. The van der Waals surface area contributed by atoms with Gasteiger partial charge in [-0.15, -0.1) is 0 Å². The number of nitrogens with one attached hydrogen (secondary N) is 1. The van der Waals surface area contributed by atoms with Crippen LogP contribution in [-0.4, -0.2) is 42.3 Å². The van der Waals surface area contributed by atoms with Gasteiger partial charge in [-0.05, 0) is 81.8 Å². The van der Waals surface area contributed by atoms with Gasteiger partial charge in [-0.25, -0.2) is 4.79 Å². The van der Waals surface area contributed by atoms with Gasteiger partial charge in [0.15, 0.2) is 0 Å². The SMILES string of the molecule is CC(Cc1ccsc1)NCC1CCN(C(=O)OC(C)(C)C)CC1. The average molecular weight is 339 g/mol. The fraction of sp³-hybridized carbons (Fsp3) is 0.722. The lowest BCUT2D eigenvalue weighted by molar-refractivity contribution is 0.0183. The van der Waals surface area contributed by atoms with Crippen molar-refractivity contribution in [2.75, 3.05) is 19.6 Å². The summed E-state index contributed by atoms with van der Waals surface area (Å²) in [5.41, 5.74) is 1.00. The molecule has 1 N–H and O–H groups in total. The van der Waals surface area contributed by atoms with Crippen LogP contribution in [0.25, 0.3) is 0 Å². The first-order valence-corrected chi connectivity index (χ1v) is 9.50. The first kappa shape index (κ1) is 18.3. The summed E-state index contributed by atoms with van der Waals surface area (Å²) in [4.78, 5) is 13.9. The Balaban J connectivity index is 1.65. The third-order valence-electron chi connectivity index (χ3n) is 4.14. The van der Waals surface area contributed by atoms with Gasteiger partial charge in [0, 0.05) is 19.1 Å². The van der Waals surface area contributed by atoms with Crippen LogP contribution < -0.4 is 5.32 Å². The van der Waals surface area contributed by atoms with Crippen molar-refractivity contribution in [3.05, 3.63) is 22.4 Å². The van der Waals surface area contributed by atoms with Crippen molar-refractivity contribution in [3.8, 4) is 0 Å². The molecule has 0 saturated carbocycles. The van der Waals surface area contributed by atoms with E-state index in [0.717, 1.165) is 38.9 Å². The van der Waals surface area contributed by atoms with Gasteiger partial charge in [-0.3, -0.25) is 0 Å². The Bertz CT molecular complexity index is 474. The number of thiophene rings is 1. The molecule has 1 aromatic heterocycles. The van der Waals surface area contributed by atoms with E-state index in [2.05, 4.69) is 29.1 Å². The minimum absolute atomic E-state index is 0.172. The molecular formula is C18H30N2O2S. The van der Waals surface area contributed by atoms with Gasteiger partial charge in [0.2, 0.25) is 0 Å². The predicted molar refractivity (Wildman–Crippen MR) is 96.0 cm³/mol. The zero-order chi connectivity index (χ0) is 16.9. The van der Waals surface area contributed by atoms with Crippen LogP contribution in [0.15, 0.2) is 16.8 Å². The van der Waals surface area contributed by atoms with Gasteiger partial charge in [0.25, 0.3) is 0 Å². The Morgan fingerprint density at radius 2 is 2.13 bits per heavy atom. The van der Waals surface area contributed by atoms with Crippen molar-refractivity contribution in [1.29, 1.82) is 0 Å². The summed E-state index contributed by atoms with van der Waals surface area (Å²) in [6.07, 6.45) is 3.02. The Morgan fingerprint density at radius 3 is 2.70 bits per heavy atom. The normalized spacial score (nSPS) is 18.0. The lowest BCUT2D eigenvalue weighted by Crippen LogP contribution is -2.44. The minimum Gasteiger partial charge on any atom is -0.444 e. The van der Waals surface area contributed by atoms with E-state index in [0.29, 0.717) is 12.0 Å². The predicted octanol–water partition coefficient (Wildman–Crippen LogP) is 3.92. The molecule has 1 amide bonds. The van der Waals surface area contributed by atoms with E-state index >= 15 is 0 Å². The lowest BCUT2D eigenvalue weighted by Gasteiger charge is -2.34. The lowest BCUT2D eigenvalue weighted by atomic mass is 9.96. The molecule has 0 spiro atoms. The highest BCUT2D eigenvalue weighted by atomic mass is 32.1. The van der Waals surface area contributed by atoms with Gasteiger partial charge in [0.1, 0.15) is 5.60 Å². The number of nitrogens with zero attached hydrogens (tertiary/aromatic N) is 1. The second-order valence-corrected chi connectivity index (χ2v) is 8.34. The van der Waals surface area contributed by atoms with Crippen LogP contribution in [0.3, 0.4) is 0 Å². The molecule has 23 heavy (non-hydrogen) atoms. The van der Waals surface area contributed by atoms with E-state index in [1.807, 2.05) is 25.7 Å². The molecule has 1 aliphatic rings. The first-order chi connectivity index (χ1) is 10.8. The van der Waals surface area contributed by atoms with E-state index in [9.17, 15) is 4.79 Å². The quantitative estimate of drug-likeness (QED) is 0.885.